The summed E-state index contributed by atoms with van der Waals surface area (Å²) in [6, 6.07) is 9.21. The number of carbonyl (C=O) groups excluding carboxylic acids is 1. The summed E-state index contributed by atoms with van der Waals surface area (Å²) in [5, 5.41) is 9.03. The molecular formula is C21H19ClN6O. The molecule has 0 saturated heterocycles. The van der Waals surface area contributed by atoms with Crippen molar-refractivity contribution in [1.29, 1.82) is 0 Å². The van der Waals surface area contributed by atoms with Crippen molar-refractivity contribution in [2.24, 2.45) is 7.05 Å². The number of hydrogen-bond donors (Lipinski definition) is 1. The van der Waals surface area contributed by atoms with E-state index in [0.29, 0.717) is 16.3 Å². The molecule has 1 atom stereocenters. The Bertz CT molecular complexity index is 1290. The molecule has 7 nitrogen and oxygen atoms in total. The minimum Gasteiger partial charge on any atom is -0.397 e. The number of aryl methyl sites for hydroxylation is 3. The number of benzene rings is 1. The summed E-state index contributed by atoms with van der Waals surface area (Å²) in [4.78, 5) is 15.3. The molecule has 0 bridgehead atoms. The molecule has 1 amide bonds. The molecule has 2 N–H and O–H groups in total. The first-order chi connectivity index (χ1) is 13.9. The van der Waals surface area contributed by atoms with Crippen LogP contribution in [-0.2, 0) is 7.05 Å². The standard InChI is InChI=1S/C21H19ClN6O/c1-11-8-15(9-27-12(2)24-25-20(11)27)28-18(13-4-6-14(22)7-5-13)19-17(21(28)29)16(23)10-26(19)3/h4-10,18H,23H2,1-3H3. The average Bonchev–Trinajstić information content (AvgIpc) is 3.30. The van der Waals surface area contributed by atoms with Gasteiger partial charge in [0.25, 0.3) is 5.91 Å². The van der Waals surface area contributed by atoms with Crippen molar-refractivity contribution in [2.45, 2.75) is 19.9 Å². The van der Waals surface area contributed by atoms with Crippen molar-refractivity contribution >= 4 is 34.5 Å². The minimum atomic E-state index is -0.314. The molecule has 0 saturated carbocycles. The Morgan fingerprint density at radius 3 is 2.55 bits per heavy atom. The van der Waals surface area contributed by atoms with Gasteiger partial charge < -0.3 is 10.3 Å². The average molecular weight is 407 g/mol. The molecule has 3 aromatic heterocycles. The predicted octanol–water partition coefficient (Wildman–Crippen LogP) is 3.67. The number of fused-ring (bicyclic) bond motifs is 2. The van der Waals surface area contributed by atoms with Gasteiger partial charge in [-0.25, -0.2) is 0 Å². The lowest BCUT2D eigenvalue weighted by atomic mass is 10.0. The molecule has 29 heavy (non-hydrogen) atoms. The highest BCUT2D eigenvalue weighted by Gasteiger charge is 2.43. The van der Waals surface area contributed by atoms with E-state index in [-0.39, 0.29) is 11.9 Å². The van der Waals surface area contributed by atoms with Crippen LogP contribution in [0.5, 0.6) is 0 Å². The fraction of sp³-hybridized carbons (Fsp3) is 0.190. The van der Waals surface area contributed by atoms with Gasteiger partial charge in [-0.15, -0.1) is 10.2 Å². The van der Waals surface area contributed by atoms with E-state index < -0.39 is 0 Å². The summed E-state index contributed by atoms with van der Waals surface area (Å²) in [7, 11) is 1.91. The second-order valence-electron chi connectivity index (χ2n) is 7.41. The zero-order valence-electron chi connectivity index (χ0n) is 16.2. The van der Waals surface area contributed by atoms with Gasteiger partial charge >= 0.3 is 0 Å². The quantitative estimate of drug-likeness (QED) is 0.550. The van der Waals surface area contributed by atoms with E-state index in [1.165, 1.54) is 0 Å². The van der Waals surface area contributed by atoms with E-state index in [1.807, 2.05) is 66.4 Å². The molecule has 1 aromatic carbocycles. The van der Waals surface area contributed by atoms with Crippen LogP contribution >= 0.6 is 11.6 Å². The topological polar surface area (TPSA) is 81.5 Å². The number of hydrogen-bond acceptors (Lipinski definition) is 4. The van der Waals surface area contributed by atoms with Gasteiger partial charge in [-0.3, -0.25) is 14.1 Å². The molecular weight excluding hydrogens is 388 g/mol. The Hall–Kier alpha value is -3.32. The predicted molar refractivity (Wildman–Crippen MR) is 112 cm³/mol. The third kappa shape index (κ3) is 2.47. The highest BCUT2D eigenvalue weighted by molar-refractivity contribution is 6.30. The molecule has 5 rings (SSSR count). The van der Waals surface area contributed by atoms with E-state index in [4.69, 9.17) is 17.3 Å². The maximum Gasteiger partial charge on any atom is 0.263 e. The van der Waals surface area contributed by atoms with Gasteiger partial charge in [0.1, 0.15) is 11.9 Å². The van der Waals surface area contributed by atoms with Crippen LogP contribution in [0.2, 0.25) is 5.02 Å². The number of nitrogens with zero attached hydrogens (tertiary/aromatic N) is 5. The third-order valence-corrected chi connectivity index (χ3v) is 5.77. The van der Waals surface area contributed by atoms with Crippen molar-refractivity contribution in [3.63, 3.8) is 0 Å². The van der Waals surface area contributed by atoms with Crippen LogP contribution in [0.15, 0.2) is 42.7 Å². The van der Waals surface area contributed by atoms with Crippen molar-refractivity contribution < 1.29 is 4.79 Å². The van der Waals surface area contributed by atoms with Gasteiger partial charge in [-0.1, -0.05) is 23.7 Å². The summed E-state index contributed by atoms with van der Waals surface area (Å²) in [5.41, 5.74) is 11.5. The third-order valence-electron chi connectivity index (χ3n) is 5.52. The number of nitrogens with two attached hydrogens (primary N) is 1. The first kappa shape index (κ1) is 17.8. The summed E-state index contributed by atoms with van der Waals surface area (Å²) in [6.45, 7) is 3.85. The van der Waals surface area contributed by atoms with Gasteiger partial charge in [0.05, 0.1) is 22.6 Å². The molecule has 4 aromatic rings. The van der Waals surface area contributed by atoms with E-state index in [9.17, 15) is 4.79 Å². The second kappa shape index (κ2) is 6.09. The first-order valence-electron chi connectivity index (χ1n) is 9.22. The van der Waals surface area contributed by atoms with Crippen molar-refractivity contribution in [3.8, 4) is 0 Å². The van der Waals surface area contributed by atoms with Gasteiger partial charge in [0, 0.05) is 24.5 Å². The molecule has 1 aliphatic heterocycles. The molecule has 0 fully saturated rings. The monoisotopic (exact) mass is 406 g/mol. The summed E-state index contributed by atoms with van der Waals surface area (Å²) < 4.78 is 3.83. The number of anilines is 2. The van der Waals surface area contributed by atoms with Crippen LogP contribution in [0.3, 0.4) is 0 Å². The molecule has 4 heterocycles. The number of rotatable bonds is 2. The summed E-state index contributed by atoms with van der Waals surface area (Å²) >= 11 is 6.10. The number of carbonyl (C=O) groups is 1. The fourth-order valence-electron chi connectivity index (χ4n) is 4.19. The molecule has 146 valence electrons. The Labute approximate surface area is 172 Å². The molecule has 8 heteroatoms. The molecule has 0 spiro atoms. The van der Waals surface area contributed by atoms with Crippen LogP contribution in [0.25, 0.3) is 5.65 Å². The van der Waals surface area contributed by atoms with Gasteiger partial charge in [0.15, 0.2) is 5.65 Å². The van der Waals surface area contributed by atoms with Crippen LogP contribution in [0.4, 0.5) is 11.4 Å². The van der Waals surface area contributed by atoms with Gasteiger partial charge in [0.2, 0.25) is 0 Å². The molecule has 0 radical (unpaired) electrons. The van der Waals surface area contributed by atoms with Crippen molar-refractivity contribution in [2.75, 3.05) is 10.6 Å². The van der Waals surface area contributed by atoms with Crippen LogP contribution in [0.1, 0.15) is 39.0 Å². The number of amides is 1. The lowest BCUT2D eigenvalue weighted by Crippen LogP contribution is -2.30. The zero-order valence-corrected chi connectivity index (χ0v) is 17.0. The van der Waals surface area contributed by atoms with Crippen LogP contribution in [0, 0.1) is 13.8 Å². The second-order valence-corrected chi connectivity index (χ2v) is 7.84. The van der Waals surface area contributed by atoms with E-state index in [0.717, 1.165) is 34.0 Å². The van der Waals surface area contributed by atoms with Crippen LogP contribution in [-0.4, -0.2) is 25.1 Å². The first-order valence-corrected chi connectivity index (χ1v) is 9.60. The number of pyridine rings is 1. The number of aromatic nitrogens is 4. The maximum atomic E-state index is 13.5. The Balaban J connectivity index is 1.76. The lowest BCUT2D eigenvalue weighted by Gasteiger charge is -2.27. The largest absolute Gasteiger partial charge is 0.397 e. The van der Waals surface area contributed by atoms with Gasteiger partial charge in [-0.05, 0) is 43.2 Å². The smallest absolute Gasteiger partial charge is 0.263 e. The SMILES string of the molecule is Cc1cc(N2C(=O)c3c(N)cn(C)c3C2c2ccc(Cl)cc2)cn2c(C)nnc12. The van der Waals surface area contributed by atoms with E-state index in [1.54, 1.807) is 11.1 Å². The van der Waals surface area contributed by atoms with E-state index in [2.05, 4.69) is 10.2 Å². The summed E-state index contributed by atoms with van der Waals surface area (Å²) in [5.74, 6) is 0.638. The number of nitrogen functional groups attached to an aromatic ring is 1. The normalized spacial score (nSPS) is 16.1. The summed E-state index contributed by atoms with van der Waals surface area (Å²) in [6.07, 6.45) is 3.70. The lowest BCUT2D eigenvalue weighted by molar-refractivity contribution is 0.0994. The zero-order chi connectivity index (χ0) is 20.4. The molecule has 0 aliphatic carbocycles. The van der Waals surface area contributed by atoms with Crippen LogP contribution < -0.4 is 10.6 Å². The van der Waals surface area contributed by atoms with Gasteiger partial charge in [-0.2, -0.15) is 0 Å². The molecule has 1 unspecified atom stereocenters. The minimum absolute atomic E-state index is 0.123. The Kier molecular flexibility index (Phi) is 3.73. The Morgan fingerprint density at radius 2 is 1.83 bits per heavy atom. The number of halogens is 1. The van der Waals surface area contributed by atoms with Crippen molar-refractivity contribution in [3.05, 3.63) is 76.0 Å². The van der Waals surface area contributed by atoms with Crippen molar-refractivity contribution in [1.82, 2.24) is 19.2 Å². The highest BCUT2D eigenvalue weighted by atomic mass is 35.5. The highest BCUT2D eigenvalue weighted by Crippen LogP contribution is 2.44. The maximum absolute atomic E-state index is 13.5. The van der Waals surface area contributed by atoms with E-state index >= 15 is 0 Å². The fourth-order valence-corrected chi connectivity index (χ4v) is 4.31. The Morgan fingerprint density at radius 1 is 1.10 bits per heavy atom. The molecule has 1 aliphatic rings.